The third-order valence-electron chi connectivity index (χ3n) is 2.59. The third-order valence-corrected chi connectivity index (χ3v) is 2.59. The van der Waals surface area contributed by atoms with E-state index in [1.165, 1.54) is 45.3 Å². The highest BCUT2D eigenvalue weighted by molar-refractivity contribution is 4.89. The molecular weight excluding hydrogens is 146 g/mol. The zero-order chi connectivity index (χ0) is 8.81. The van der Waals surface area contributed by atoms with Crippen molar-refractivity contribution in [1.82, 2.24) is 4.90 Å². The minimum atomic E-state index is 0.474. The van der Waals surface area contributed by atoms with E-state index in [4.69, 9.17) is 6.42 Å². The largest absolute Gasteiger partial charge is 0.303 e. The number of hydrogen-bond donors (Lipinski definition) is 0. The van der Waals surface area contributed by atoms with Crippen molar-refractivity contribution >= 4 is 0 Å². The number of rotatable bonds is 5. The number of likely N-dealkylation sites (tertiary alicyclic amines) is 1. The first-order valence-corrected chi connectivity index (χ1v) is 5.01. The van der Waals surface area contributed by atoms with Crippen LogP contribution < -0.4 is 0 Å². The second kappa shape index (κ2) is 5.22. The highest BCUT2D eigenvalue weighted by Gasteiger charge is 2.11. The Morgan fingerprint density at radius 2 is 2.17 bits per heavy atom. The van der Waals surface area contributed by atoms with E-state index < -0.39 is 0 Å². The first kappa shape index (κ1) is 9.61. The molecule has 0 bridgehead atoms. The van der Waals surface area contributed by atoms with Crippen molar-refractivity contribution in [1.29, 1.82) is 0 Å². The molecule has 1 fully saturated rings. The van der Waals surface area contributed by atoms with Crippen molar-refractivity contribution in [3.63, 3.8) is 0 Å². The van der Waals surface area contributed by atoms with Gasteiger partial charge in [-0.1, -0.05) is 13.3 Å². The molecule has 0 aliphatic carbocycles. The fourth-order valence-electron chi connectivity index (χ4n) is 1.47. The SMILES string of the molecule is C#CC(C)CCCCN1CCC1. The van der Waals surface area contributed by atoms with Gasteiger partial charge in [-0.15, -0.1) is 12.3 Å². The van der Waals surface area contributed by atoms with Gasteiger partial charge in [-0.3, -0.25) is 0 Å². The molecule has 1 rings (SSSR count). The number of terminal acetylenes is 1. The minimum Gasteiger partial charge on any atom is -0.303 e. The second-order valence-electron chi connectivity index (χ2n) is 3.76. The highest BCUT2D eigenvalue weighted by atomic mass is 15.2. The quantitative estimate of drug-likeness (QED) is 0.445. The maximum Gasteiger partial charge on any atom is 0.0171 e. The van der Waals surface area contributed by atoms with E-state index in [0.717, 1.165) is 0 Å². The summed E-state index contributed by atoms with van der Waals surface area (Å²) in [4.78, 5) is 2.51. The molecule has 0 aromatic carbocycles. The average Bonchev–Trinajstić information content (AvgIpc) is 2.00. The summed E-state index contributed by atoms with van der Waals surface area (Å²) in [5.41, 5.74) is 0. The summed E-state index contributed by atoms with van der Waals surface area (Å²) >= 11 is 0. The maximum absolute atomic E-state index is 5.29. The summed E-state index contributed by atoms with van der Waals surface area (Å²) in [6, 6.07) is 0. The van der Waals surface area contributed by atoms with Crippen LogP contribution in [0.3, 0.4) is 0 Å². The fraction of sp³-hybridized carbons (Fsp3) is 0.818. The molecule has 1 heterocycles. The summed E-state index contributed by atoms with van der Waals surface area (Å²) in [5, 5.41) is 0. The van der Waals surface area contributed by atoms with Crippen molar-refractivity contribution in [3.8, 4) is 12.3 Å². The molecule has 12 heavy (non-hydrogen) atoms. The molecule has 0 saturated carbocycles. The van der Waals surface area contributed by atoms with E-state index in [1.54, 1.807) is 0 Å². The first-order valence-electron chi connectivity index (χ1n) is 5.01. The normalized spacial score (nSPS) is 19.7. The van der Waals surface area contributed by atoms with Gasteiger partial charge >= 0.3 is 0 Å². The molecule has 1 heteroatoms. The van der Waals surface area contributed by atoms with Crippen LogP contribution >= 0.6 is 0 Å². The van der Waals surface area contributed by atoms with Crippen molar-refractivity contribution in [2.45, 2.75) is 32.6 Å². The van der Waals surface area contributed by atoms with Crippen molar-refractivity contribution in [2.75, 3.05) is 19.6 Å². The summed E-state index contributed by atoms with van der Waals surface area (Å²) in [5.74, 6) is 3.24. The molecule has 1 saturated heterocycles. The lowest BCUT2D eigenvalue weighted by Crippen LogP contribution is -2.37. The molecule has 0 N–H and O–H groups in total. The van der Waals surface area contributed by atoms with E-state index in [0.29, 0.717) is 5.92 Å². The van der Waals surface area contributed by atoms with E-state index in [-0.39, 0.29) is 0 Å². The molecular formula is C11H19N. The van der Waals surface area contributed by atoms with Crippen molar-refractivity contribution in [3.05, 3.63) is 0 Å². The van der Waals surface area contributed by atoms with Gasteiger partial charge in [0.15, 0.2) is 0 Å². The molecule has 0 aromatic heterocycles. The van der Waals surface area contributed by atoms with Crippen LogP contribution in [0.4, 0.5) is 0 Å². The maximum atomic E-state index is 5.29. The van der Waals surface area contributed by atoms with Crippen LogP contribution in [0.5, 0.6) is 0 Å². The Morgan fingerprint density at radius 1 is 1.42 bits per heavy atom. The predicted octanol–water partition coefficient (Wildman–Crippen LogP) is 2.13. The summed E-state index contributed by atoms with van der Waals surface area (Å²) < 4.78 is 0. The van der Waals surface area contributed by atoms with E-state index in [2.05, 4.69) is 17.7 Å². The van der Waals surface area contributed by atoms with Crippen LogP contribution in [0.25, 0.3) is 0 Å². The van der Waals surface area contributed by atoms with Crippen molar-refractivity contribution < 1.29 is 0 Å². The molecule has 0 amide bonds. The molecule has 1 atom stereocenters. The first-order chi connectivity index (χ1) is 5.83. The zero-order valence-electron chi connectivity index (χ0n) is 8.05. The minimum absolute atomic E-state index is 0.474. The zero-order valence-corrected chi connectivity index (χ0v) is 8.05. The molecule has 1 unspecified atom stereocenters. The van der Waals surface area contributed by atoms with Gasteiger partial charge in [0.2, 0.25) is 0 Å². The predicted molar refractivity (Wildman–Crippen MR) is 52.9 cm³/mol. The Labute approximate surface area is 76.1 Å². The Balaban J connectivity index is 1.86. The lowest BCUT2D eigenvalue weighted by Gasteiger charge is -2.30. The lowest BCUT2D eigenvalue weighted by molar-refractivity contribution is 0.177. The molecule has 0 aromatic rings. The van der Waals surface area contributed by atoms with Crippen LogP contribution in [0.2, 0.25) is 0 Å². The van der Waals surface area contributed by atoms with Crippen LogP contribution in [-0.2, 0) is 0 Å². The van der Waals surface area contributed by atoms with Gasteiger partial charge in [0.1, 0.15) is 0 Å². The molecule has 68 valence electrons. The smallest absolute Gasteiger partial charge is 0.0171 e. The topological polar surface area (TPSA) is 3.24 Å². The van der Waals surface area contributed by atoms with E-state index >= 15 is 0 Å². The standard InChI is InChI=1S/C11H19N/c1-3-11(2)7-4-5-8-12-9-6-10-12/h1,11H,4-10H2,2H3. The highest BCUT2D eigenvalue weighted by Crippen LogP contribution is 2.10. The second-order valence-corrected chi connectivity index (χ2v) is 3.76. The Hall–Kier alpha value is -0.480. The number of hydrogen-bond acceptors (Lipinski definition) is 1. The van der Waals surface area contributed by atoms with Crippen LogP contribution in [0.1, 0.15) is 32.6 Å². The number of unbranched alkanes of at least 4 members (excludes halogenated alkanes) is 1. The summed E-state index contributed by atoms with van der Waals surface area (Å²) in [7, 11) is 0. The Kier molecular flexibility index (Phi) is 4.18. The van der Waals surface area contributed by atoms with Gasteiger partial charge in [-0.2, -0.15) is 0 Å². The molecule has 0 radical (unpaired) electrons. The van der Waals surface area contributed by atoms with Gasteiger partial charge in [0.05, 0.1) is 0 Å². The summed E-state index contributed by atoms with van der Waals surface area (Å²) in [6.07, 6.45) is 10.5. The number of nitrogens with zero attached hydrogens (tertiary/aromatic N) is 1. The fourth-order valence-corrected chi connectivity index (χ4v) is 1.47. The summed E-state index contributed by atoms with van der Waals surface area (Å²) in [6.45, 7) is 6.07. The van der Waals surface area contributed by atoms with Gasteiger partial charge in [0.25, 0.3) is 0 Å². The van der Waals surface area contributed by atoms with Crippen LogP contribution in [0, 0.1) is 18.3 Å². The van der Waals surface area contributed by atoms with Gasteiger partial charge in [-0.05, 0) is 38.9 Å². The lowest BCUT2D eigenvalue weighted by atomic mass is 10.0. The average molecular weight is 165 g/mol. The Morgan fingerprint density at radius 3 is 2.67 bits per heavy atom. The molecule has 1 aliphatic rings. The van der Waals surface area contributed by atoms with E-state index in [1.807, 2.05) is 0 Å². The van der Waals surface area contributed by atoms with Gasteiger partial charge in [-0.25, -0.2) is 0 Å². The molecule has 1 aliphatic heterocycles. The van der Waals surface area contributed by atoms with E-state index in [9.17, 15) is 0 Å². The van der Waals surface area contributed by atoms with Crippen molar-refractivity contribution in [2.24, 2.45) is 5.92 Å². The monoisotopic (exact) mass is 165 g/mol. The Bertz CT molecular complexity index is 153. The van der Waals surface area contributed by atoms with Crippen LogP contribution in [0.15, 0.2) is 0 Å². The molecule has 1 nitrogen and oxygen atoms in total. The molecule has 0 spiro atoms. The van der Waals surface area contributed by atoms with Crippen LogP contribution in [-0.4, -0.2) is 24.5 Å². The van der Waals surface area contributed by atoms with Gasteiger partial charge in [0, 0.05) is 5.92 Å². The van der Waals surface area contributed by atoms with Gasteiger partial charge < -0.3 is 4.90 Å². The third kappa shape index (κ3) is 3.28.